The molecule has 2 aromatic carbocycles. The predicted molar refractivity (Wildman–Crippen MR) is 92.4 cm³/mol. The van der Waals surface area contributed by atoms with Gasteiger partial charge in [-0.25, -0.2) is 0 Å². The van der Waals surface area contributed by atoms with Crippen molar-refractivity contribution in [3.8, 4) is 11.5 Å². The van der Waals surface area contributed by atoms with E-state index < -0.39 is 0 Å². The highest BCUT2D eigenvalue weighted by atomic mass is 16.5. The first-order valence-corrected chi connectivity index (χ1v) is 7.67. The maximum atomic E-state index is 12.1. The molecule has 0 fully saturated rings. The van der Waals surface area contributed by atoms with Gasteiger partial charge in [-0.2, -0.15) is 0 Å². The van der Waals surface area contributed by atoms with Crippen molar-refractivity contribution in [3.63, 3.8) is 0 Å². The Kier molecular flexibility index (Phi) is 5.63. The van der Waals surface area contributed by atoms with Gasteiger partial charge in [0.05, 0.1) is 7.11 Å². The van der Waals surface area contributed by atoms with Crippen LogP contribution in [0.15, 0.2) is 42.5 Å². The second-order valence-corrected chi connectivity index (χ2v) is 5.77. The molecule has 2 aromatic rings. The van der Waals surface area contributed by atoms with E-state index in [0.29, 0.717) is 17.4 Å². The number of carbonyl (C=O) groups is 1. The summed E-state index contributed by atoms with van der Waals surface area (Å²) in [7, 11) is 1.58. The van der Waals surface area contributed by atoms with Crippen molar-refractivity contribution in [1.82, 2.24) is 0 Å². The van der Waals surface area contributed by atoms with Crippen LogP contribution in [0.4, 0.5) is 5.69 Å². The summed E-state index contributed by atoms with van der Waals surface area (Å²) in [5.41, 5.74) is 3.04. The molecule has 4 nitrogen and oxygen atoms in total. The number of rotatable bonds is 6. The fourth-order valence-corrected chi connectivity index (χ4v) is 2.21. The van der Waals surface area contributed by atoms with E-state index in [9.17, 15) is 4.79 Å². The Morgan fingerprint density at radius 2 is 1.91 bits per heavy atom. The number of methoxy groups -OCH3 is 1. The first-order chi connectivity index (χ1) is 11.0. The Morgan fingerprint density at radius 3 is 2.61 bits per heavy atom. The highest BCUT2D eigenvalue weighted by Gasteiger charge is 2.09. The molecular formula is C19H23NO3. The molecule has 1 amide bonds. The minimum absolute atomic E-state index is 0.0642. The van der Waals surface area contributed by atoms with E-state index in [1.54, 1.807) is 13.2 Å². The third-order valence-corrected chi connectivity index (χ3v) is 3.51. The van der Waals surface area contributed by atoms with Gasteiger partial charge < -0.3 is 14.8 Å². The Morgan fingerprint density at radius 1 is 1.13 bits per heavy atom. The van der Waals surface area contributed by atoms with Gasteiger partial charge in [0, 0.05) is 5.69 Å². The van der Waals surface area contributed by atoms with Crippen molar-refractivity contribution >= 4 is 11.6 Å². The molecule has 0 saturated carbocycles. The molecule has 0 bridgehead atoms. The number of hydrogen-bond acceptors (Lipinski definition) is 3. The zero-order chi connectivity index (χ0) is 16.8. The van der Waals surface area contributed by atoms with E-state index in [1.165, 1.54) is 5.56 Å². The van der Waals surface area contributed by atoms with Gasteiger partial charge in [-0.15, -0.1) is 0 Å². The first kappa shape index (κ1) is 16.9. The van der Waals surface area contributed by atoms with E-state index in [0.717, 1.165) is 11.3 Å². The van der Waals surface area contributed by atoms with Crippen LogP contribution in [0.5, 0.6) is 11.5 Å². The molecule has 0 aromatic heterocycles. The minimum atomic E-state index is -0.200. The van der Waals surface area contributed by atoms with Gasteiger partial charge in [0.25, 0.3) is 5.91 Å². The van der Waals surface area contributed by atoms with Crippen molar-refractivity contribution in [2.24, 2.45) is 0 Å². The van der Waals surface area contributed by atoms with Crippen LogP contribution in [-0.2, 0) is 4.79 Å². The number of nitrogens with one attached hydrogen (secondary N) is 1. The first-order valence-electron chi connectivity index (χ1n) is 7.67. The van der Waals surface area contributed by atoms with Crippen LogP contribution in [0, 0.1) is 6.92 Å². The number of anilines is 1. The lowest BCUT2D eigenvalue weighted by Gasteiger charge is -2.12. The quantitative estimate of drug-likeness (QED) is 0.871. The summed E-state index contributed by atoms with van der Waals surface area (Å²) >= 11 is 0. The summed E-state index contributed by atoms with van der Waals surface area (Å²) in [6.45, 7) is 6.15. The van der Waals surface area contributed by atoms with Crippen LogP contribution in [0.3, 0.4) is 0 Å². The average Bonchev–Trinajstić information content (AvgIpc) is 2.53. The predicted octanol–water partition coefficient (Wildman–Crippen LogP) is 4.14. The molecule has 2 rings (SSSR count). The largest absolute Gasteiger partial charge is 0.493 e. The second kappa shape index (κ2) is 7.68. The van der Waals surface area contributed by atoms with E-state index in [-0.39, 0.29) is 12.5 Å². The second-order valence-electron chi connectivity index (χ2n) is 5.77. The molecule has 0 unspecified atom stereocenters. The lowest BCUT2D eigenvalue weighted by Crippen LogP contribution is -2.20. The topological polar surface area (TPSA) is 47.6 Å². The van der Waals surface area contributed by atoms with E-state index in [2.05, 4.69) is 19.2 Å². The lowest BCUT2D eigenvalue weighted by molar-refractivity contribution is -0.118. The molecule has 122 valence electrons. The SMILES string of the molecule is COc1cc(C)ccc1OCC(=O)Nc1cccc(C(C)C)c1. The molecule has 1 N–H and O–H groups in total. The molecule has 4 heteroatoms. The number of ether oxygens (including phenoxy) is 2. The van der Waals surface area contributed by atoms with Crippen molar-refractivity contribution in [3.05, 3.63) is 53.6 Å². The van der Waals surface area contributed by atoms with Crippen molar-refractivity contribution < 1.29 is 14.3 Å². The Bertz CT molecular complexity index is 680. The third kappa shape index (κ3) is 4.74. The molecule has 0 spiro atoms. The van der Waals surface area contributed by atoms with Gasteiger partial charge in [0.1, 0.15) is 0 Å². The summed E-state index contributed by atoms with van der Waals surface area (Å²) < 4.78 is 10.8. The zero-order valence-corrected chi connectivity index (χ0v) is 14.1. The van der Waals surface area contributed by atoms with Crippen molar-refractivity contribution in [1.29, 1.82) is 0 Å². The van der Waals surface area contributed by atoms with E-state index >= 15 is 0 Å². The average molecular weight is 313 g/mol. The Balaban J connectivity index is 1.97. The highest BCUT2D eigenvalue weighted by Crippen LogP contribution is 2.27. The smallest absolute Gasteiger partial charge is 0.262 e. The highest BCUT2D eigenvalue weighted by molar-refractivity contribution is 5.92. The maximum Gasteiger partial charge on any atom is 0.262 e. The summed E-state index contributed by atoms with van der Waals surface area (Å²) in [6.07, 6.45) is 0. The molecule has 0 heterocycles. The molecule has 0 radical (unpaired) electrons. The summed E-state index contributed by atoms with van der Waals surface area (Å²) in [5, 5.41) is 2.85. The zero-order valence-electron chi connectivity index (χ0n) is 14.1. The van der Waals surface area contributed by atoms with Crippen molar-refractivity contribution in [2.75, 3.05) is 19.0 Å². The van der Waals surface area contributed by atoms with Crippen LogP contribution in [0.2, 0.25) is 0 Å². The van der Waals surface area contributed by atoms with E-state index in [4.69, 9.17) is 9.47 Å². The van der Waals surface area contributed by atoms with Gasteiger partial charge >= 0.3 is 0 Å². The van der Waals surface area contributed by atoms with Crippen LogP contribution in [-0.4, -0.2) is 19.6 Å². The van der Waals surface area contributed by atoms with Gasteiger partial charge in [-0.05, 0) is 48.2 Å². The summed E-state index contributed by atoms with van der Waals surface area (Å²) in [5.74, 6) is 1.40. The monoisotopic (exact) mass is 313 g/mol. The number of amides is 1. The molecular weight excluding hydrogens is 290 g/mol. The Hall–Kier alpha value is -2.49. The molecule has 0 atom stereocenters. The van der Waals surface area contributed by atoms with Crippen LogP contribution < -0.4 is 14.8 Å². The van der Waals surface area contributed by atoms with Crippen LogP contribution in [0.1, 0.15) is 30.9 Å². The number of benzene rings is 2. The van der Waals surface area contributed by atoms with Crippen LogP contribution in [0.25, 0.3) is 0 Å². The molecule has 23 heavy (non-hydrogen) atoms. The standard InChI is InChI=1S/C19H23NO3/c1-13(2)15-6-5-7-16(11-15)20-19(21)12-23-17-9-8-14(3)10-18(17)22-4/h5-11,13H,12H2,1-4H3,(H,20,21). The summed E-state index contributed by atoms with van der Waals surface area (Å²) in [4.78, 5) is 12.1. The molecule has 0 aliphatic carbocycles. The summed E-state index contributed by atoms with van der Waals surface area (Å²) in [6, 6.07) is 13.4. The Labute approximate surface area is 137 Å². The van der Waals surface area contributed by atoms with Gasteiger partial charge in [-0.1, -0.05) is 32.0 Å². The fraction of sp³-hybridized carbons (Fsp3) is 0.316. The number of aryl methyl sites for hydroxylation is 1. The minimum Gasteiger partial charge on any atom is -0.493 e. The van der Waals surface area contributed by atoms with E-state index in [1.807, 2.05) is 43.3 Å². The third-order valence-electron chi connectivity index (χ3n) is 3.51. The van der Waals surface area contributed by atoms with Gasteiger partial charge in [0.15, 0.2) is 18.1 Å². The number of carbonyl (C=O) groups excluding carboxylic acids is 1. The van der Waals surface area contributed by atoms with Gasteiger partial charge in [-0.3, -0.25) is 4.79 Å². The lowest BCUT2D eigenvalue weighted by atomic mass is 10.0. The van der Waals surface area contributed by atoms with Crippen molar-refractivity contribution in [2.45, 2.75) is 26.7 Å². The normalized spacial score (nSPS) is 10.5. The number of hydrogen-bond donors (Lipinski definition) is 1. The maximum absolute atomic E-state index is 12.1. The molecule has 0 aliphatic heterocycles. The molecule has 0 saturated heterocycles. The fourth-order valence-electron chi connectivity index (χ4n) is 2.21. The molecule has 0 aliphatic rings. The van der Waals surface area contributed by atoms with Gasteiger partial charge in [0.2, 0.25) is 0 Å². The van der Waals surface area contributed by atoms with Crippen LogP contribution >= 0.6 is 0 Å².